The Morgan fingerprint density at radius 2 is 1.47 bits per heavy atom. The minimum absolute atomic E-state index is 0.319. The summed E-state index contributed by atoms with van der Waals surface area (Å²) in [7, 11) is 0. The summed E-state index contributed by atoms with van der Waals surface area (Å²) in [5, 5.41) is 0. The van der Waals surface area contributed by atoms with Crippen molar-refractivity contribution in [2.45, 2.75) is 0 Å². The van der Waals surface area contributed by atoms with Crippen molar-refractivity contribution in [2.24, 2.45) is 0 Å². The second-order valence-electron chi connectivity index (χ2n) is 3.49. The van der Waals surface area contributed by atoms with Crippen LogP contribution in [0.3, 0.4) is 0 Å². The van der Waals surface area contributed by atoms with Gasteiger partial charge in [0.05, 0.1) is 5.56 Å². The molecule has 0 saturated carbocycles. The zero-order chi connectivity index (χ0) is 12.3. The summed E-state index contributed by atoms with van der Waals surface area (Å²) in [6.07, 6.45) is 0. The average Bonchev–Trinajstić information content (AvgIpc) is 2.32. The lowest BCUT2D eigenvalue weighted by Gasteiger charge is -1.97. The van der Waals surface area contributed by atoms with E-state index in [-0.39, 0.29) is 11.6 Å². The quantitative estimate of drug-likeness (QED) is 0.545. The van der Waals surface area contributed by atoms with E-state index in [1.54, 1.807) is 12.1 Å². The molecule has 0 bridgehead atoms. The van der Waals surface area contributed by atoms with E-state index in [4.69, 9.17) is 5.73 Å². The Kier molecular flexibility index (Phi) is 3.06. The van der Waals surface area contributed by atoms with Crippen molar-refractivity contribution >= 4 is 5.69 Å². The van der Waals surface area contributed by atoms with Crippen LogP contribution in [0.1, 0.15) is 11.1 Å². The predicted octanol–water partition coefficient (Wildman–Crippen LogP) is 2.95. The van der Waals surface area contributed by atoms with Gasteiger partial charge in [0.2, 0.25) is 0 Å². The van der Waals surface area contributed by atoms with Crippen LogP contribution in [0.4, 0.5) is 14.5 Å². The van der Waals surface area contributed by atoms with Gasteiger partial charge in [0, 0.05) is 11.3 Å². The number of nitrogens with two attached hydrogens (primary N) is 1. The zero-order valence-electron chi connectivity index (χ0n) is 8.87. The van der Waals surface area contributed by atoms with Gasteiger partial charge in [0.25, 0.3) is 0 Å². The van der Waals surface area contributed by atoms with Crippen LogP contribution in [-0.4, -0.2) is 0 Å². The second kappa shape index (κ2) is 4.67. The molecule has 17 heavy (non-hydrogen) atoms. The first-order valence-electron chi connectivity index (χ1n) is 4.98. The van der Waals surface area contributed by atoms with Crippen LogP contribution in [0.25, 0.3) is 0 Å². The SMILES string of the molecule is Nc1ccc(F)cc1C#Cc1ccc(F)cc1. The topological polar surface area (TPSA) is 26.0 Å². The van der Waals surface area contributed by atoms with Crippen LogP contribution in [0.15, 0.2) is 42.5 Å². The van der Waals surface area contributed by atoms with Gasteiger partial charge in [0.1, 0.15) is 11.6 Å². The number of hydrogen-bond donors (Lipinski definition) is 1. The summed E-state index contributed by atoms with van der Waals surface area (Å²) in [5.41, 5.74) is 7.14. The highest BCUT2D eigenvalue weighted by Gasteiger charge is 1.97. The van der Waals surface area contributed by atoms with Gasteiger partial charge < -0.3 is 5.73 Å². The van der Waals surface area contributed by atoms with Gasteiger partial charge in [-0.2, -0.15) is 0 Å². The normalized spacial score (nSPS) is 9.53. The Morgan fingerprint density at radius 3 is 2.18 bits per heavy atom. The standard InChI is InChI=1S/C14H9F2N/c15-12-5-2-10(3-6-12)1-4-11-9-13(16)7-8-14(11)17/h2-3,5-9H,17H2. The lowest BCUT2D eigenvalue weighted by atomic mass is 10.1. The molecule has 0 fully saturated rings. The van der Waals surface area contributed by atoms with Crippen LogP contribution in [0, 0.1) is 23.5 Å². The Hall–Kier alpha value is -2.34. The van der Waals surface area contributed by atoms with Gasteiger partial charge in [-0.25, -0.2) is 8.78 Å². The van der Waals surface area contributed by atoms with Crippen molar-refractivity contribution in [1.29, 1.82) is 0 Å². The van der Waals surface area contributed by atoms with Gasteiger partial charge in [-0.1, -0.05) is 11.8 Å². The predicted molar refractivity (Wildman–Crippen MR) is 63.2 cm³/mol. The minimum Gasteiger partial charge on any atom is -0.398 e. The molecule has 0 unspecified atom stereocenters. The highest BCUT2D eigenvalue weighted by Crippen LogP contribution is 2.12. The van der Waals surface area contributed by atoms with E-state index in [9.17, 15) is 8.78 Å². The van der Waals surface area contributed by atoms with Crippen LogP contribution < -0.4 is 5.73 Å². The van der Waals surface area contributed by atoms with Crippen molar-refractivity contribution in [1.82, 2.24) is 0 Å². The Bertz CT molecular complexity index is 592. The molecule has 0 saturated heterocycles. The minimum atomic E-state index is -0.386. The van der Waals surface area contributed by atoms with Gasteiger partial charge >= 0.3 is 0 Å². The highest BCUT2D eigenvalue weighted by molar-refractivity contribution is 5.57. The van der Waals surface area contributed by atoms with Crippen LogP contribution >= 0.6 is 0 Å². The summed E-state index contributed by atoms with van der Waals surface area (Å²) < 4.78 is 25.6. The lowest BCUT2D eigenvalue weighted by molar-refractivity contribution is 0.627. The molecule has 3 heteroatoms. The van der Waals surface area contributed by atoms with Crippen molar-refractivity contribution < 1.29 is 8.78 Å². The maximum Gasteiger partial charge on any atom is 0.124 e. The first-order valence-corrected chi connectivity index (χ1v) is 4.98. The fourth-order valence-corrected chi connectivity index (χ4v) is 1.31. The second-order valence-corrected chi connectivity index (χ2v) is 3.49. The lowest BCUT2D eigenvalue weighted by Crippen LogP contribution is -1.90. The smallest absolute Gasteiger partial charge is 0.124 e. The van der Waals surface area contributed by atoms with E-state index in [1.165, 1.54) is 30.3 Å². The van der Waals surface area contributed by atoms with Gasteiger partial charge in [-0.15, -0.1) is 0 Å². The van der Waals surface area contributed by atoms with Crippen LogP contribution in [0.2, 0.25) is 0 Å². The van der Waals surface area contributed by atoms with Crippen molar-refractivity contribution in [3.05, 3.63) is 65.2 Å². The summed E-state index contributed by atoms with van der Waals surface area (Å²) in [4.78, 5) is 0. The third kappa shape index (κ3) is 2.82. The largest absolute Gasteiger partial charge is 0.398 e. The first kappa shape index (κ1) is 11.2. The molecule has 0 aliphatic carbocycles. The first-order chi connectivity index (χ1) is 8.15. The molecule has 2 rings (SSSR count). The Labute approximate surface area is 97.9 Å². The van der Waals surface area contributed by atoms with Gasteiger partial charge in [0.15, 0.2) is 0 Å². The van der Waals surface area contributed by atoms with Gasteiger partial charge in [-0.05, 0) is 42.5 Å². The molecule has 0 radical (unpaired) electrons. The van der Waals surface area contributed by atoms with E-state index in [0.717, 1.165) is 0 Å². The number of halogens is 2. The molecule has 0 amide bonds. The van der Waals surface area contributed by atoms with E-state index in [0.29, 0.717) is 16.8 Å². The summed E-state index contributed by atoms with van der Waals surface area (Å²) in [5.74, 6) is 4.84. The Balaban J connectivity index is 2.32. The Morgan fingerprint density at radius 1 is 0.824 bits per heavy atom. The molecule has 0 aliphatic heterocycles. The molecular formula is C14H9F2N. The number of nitrogen functional groups attached to an aromatic ring is 1. The maximum atomic E-state index is 13.0. The molecule has 2 aromatic rings. The molecule has 2 N–H and O–H groups in total. The van der Waals surface area contributed by atoms with E-state index in [2.05, 4.69) is 11.8 Å². The molecule has 2 aromatic carbocycles. The van der Waals surface area contributed by atoms with E-state index < -0.39 is 0 Å². The van der Waals surface area contributed by atoms with Crippen molar-refractivity contribution in [3.63, 3.8) is 0 Å². The van der Waals surface area contributed by atoms with Crippen molar-refractivity contribution in [2.75, 3.05) is 5.73 Å². The molecule has 0 heterocycles. The van der Waals surface area contributed by atoms with E-state index in [1.807, 2.05) is 0 Å². The highest BCUT2D eigenvalue weighted by atomic mass is 19.1. The van der Waals surface area contributed by atoms with Crippen LogP contribution in [-0.2, 0) is 0 Å². The van der Waals surface area contributed by atoms with Crippen molar-refractivity contribution in [3.8, 4) is 11.8 Å². The number of hydrogen-bond acceptors (Lipinski definition) is 1. The van der Waals surface area contributed by atoms with Gasteiger partial charge in [-0.3, -0.25) is 0 Å². The number of benzene rings is 2. The van der Waals surface area contributed by atoms with Crippen LogP contribution in [0.5, 0.6) is 0 Å². The number of rotatable bonds is 0. The summed E-state index contributed by atoms with van der Waals surface area (Å²) in [6, 6.07) is 9.75. The number of anilines is 1. The molecule has 0 aliphatic rings. The average molecular weight is 229 g/mol. The monoisotopic (exact) mass is 229 g/mol. The maximum absolute atomic E-state index is 13.0. The molecule has 0 spiro atoms. The third-order valence-electron chi connectivity index (χ3n) is 2.20. The molecule has 0 aromatic heterocycles. The third-order valence-corrected chi connectivity index (χ3v) is 2.20. The fraction of sp³-hybridized carbons (Fsp3) is 0. The molecule has 84 valence electrons. The zero-order valence-corrected chi connectivity index (χ0v) is 8.87. The molecule has 1 nitrogen and oxygen atoms in total. The molecular weight excluding hydrogens is 220 g/mol. The molecule has 0 atom stereocenters. The van der Waals surface area contributed by atoms with E-state index >= 15 is 0 Å². The summed E-state index contributed by atoms with van der Waals surface area (Å²) >= 11 is 0. The summed E-state index contributed by atoms with van der Waals surface area (Å²) in [6.45, 7) is 0. The fourth-order valence-electron chi connectivity index (χ4n) is 1.31.